The molecule has 2 aromatic carbocycles. The van der Waals surface area contributed by atoms with Gasteiger partial charge in [-0.3, -0.25) is 0 Å². The van der Waals surface area contributed by atoms with Gasteiger partial charge in [0.15, 0.2) is 11.6 Å². The van der Waals surface area contributed by atoms with Crippen LogP contribution in [0.5, 0.6) is 5.75 Å². The average molecular weight is 351 g/mol. The summed E-state index contributed by atoms with van der Waals surface area (Å²) < 4.78 is 18.9. The molecule has 112 valence electrons. The van der Waals surface area contributed by atoms with Gasteiger partial charge in [0, 0.05) is 0 Å². The highest BCUT2D eigenvalue weighted by molar-refractivity contribution is 9.09. The van der Waals surface area contributed by atoms with E-state index >= 15 is 0 Å². The smallest absolute Gasteiger partial charge is 0.165 e. The summed E-state index contributed by atoms with van der Waals surface area (Å²) in [5.74, 6) is -0.0635. The van der Waals surface area contributed by atoms with Crippen molar-refractivity contribution in [3.8, 4) is 5.75 Å². The van der Waals surface area contributed by atoms with Crippen LogP contribution in [0.2, 0.25) is 0 Å². The van der Waals surface area contributed by atoms with Crippen molar-refractivity contribution in [3.63, 3.8) is 0 Å². The van der Waals surface area contributed by atoms with E-state index in [0.29, 0.717) is 0 Å². The number of halogens is 2. The Hall–Kier alpha value is -1.35. The zero-order valence-corrected chi connectivity index (χ0v) is 14.6. The lowest BCUT2D eigenvalue weighted by Crippen LogP contribution is -2.04. The molecule has 0 N–H and O–H groups in total. The molecule has 0 amide bonds. The number of rotatable bonds is 3. The van der Waals surface area contributed by atoms with E-state index in [1.807, 2.05) is 6.07 Å². The first-order valence-electron chi connectivity index (χ1n) is 6.91. The molecule has 0 bridgehead atoms. The second-order valence-electron chi connectivity index (χ2n) is 5.43. The minimum atomic E-state index is -0.334. The van der Waals surface area contributed by atoms with Crippen LogP contribution in [0, 0.1) is 33.5 Å². The molecule has 0 aliphatic rings. The van der Waals surface area contributed by atoms with Gasteiger partial charge in [-0.15, -0.1) is 0 Å². The third kappa shape index (κ3) is 2.98. The summed E-state index contributed by atoms with van der Waals surface area (Å²) in [7, 11) is 1.47. The standard InChI is InChI=1S/C18H20BrFO/c1-10-8-11(2)13(4)17(12(10)3)18(19)14-6-7-16(21-5)15(20)9-14/h6-9,18H,1-5H3. The Morgan fingerprint density at radius 3 is 2.05 bits per heavy atom. The molecule has 21 heavy (non-hydrogen) atoms. The highest BCUT2D eigenvalue weighted by Gasteiger charge is 2.19. The van der Waals surface area contributed by atoms with Crippen molar-refractivity contribution in [1.29, 1.82) is 0 Å². The lowest BCUT2D eigenvalue weighted by molar-refractivity contribution is 0.386. The van der Waals surface area contributed by atoms with E-state index < -0.39 is 0 Å². The Morgan fingerprint density at radius 2 is 1.57 bits per heavy atom. The van der Waals surface area contributed by atoms with Crippen molar-refractivity contribution in [3.05, 3.63) is 63.5 Å². The molecule has 1 unspecified atom stereocenters. The average Bonchev–Trinajstić information content (AvgIpc) is 2.45. The molecular formula is C18H20BrFO. The van der Waals surface area contributed by atoms with E-state index in [9.17, 15) is 4.39 Å². The molecule has 1 nitrogen and oxygen atoms in total. The van der Waals surface area contributed by atoms with Crippen molar-refractivity contribution in [2.75, 3.05) is 7.11 Å². The number of methoxy groups -OCH3 is 1. The normalized spacial score (nSPS) is 12.3. The van der Waals surface area contributed by atoms with E-state index in [1.165, 1.54) is 41.0 Å². The second-order valence-corrected chi connectivity index (χ2v) is 6.35. The molecule has 0 spiro atoms. The van der Waals surface area contributed by atoms with Gasteiger partial charge >= 0.3 is 0 Å². The lowest BCUT2D eigenvalue weighted by Gasteiger charge is -2.20. The molecule has 0 heterocycles. The Morgan fingerprint density at radius 1 is 1.00 bits per heavy atom. The van der Waals surface area contributed by atoms with Gasteiger partial charge in [-0.05, 0) is 73.2 Å². The third-order valence-electron chi connectivity index (χ3n) is 4.15. The van der Waals surface area contributed by atoms with Gasteiger partial charge in [0.1, 0.15) is 0 Å². The van der Waals surface area contributed by atoms with Crippen LogP contribution in [0.25, 0.3) is 0 Å². The van der Waals surface area contributed by atoms with Gasteiger partial charge < -0.3 is 4.74 Å². The predicted molar refractivity (Wildman–Crippen MR) is 89.1 cm³/mol. The van der Waals surface area contributed by atoms with Gasteiger partial charge in [0.2, 0.25) is 0 Å². The Balaban J connectivity index is 2.55. The van der Waals surface area contributed by atoms with E-state index in [2.05, 4.69) is 49.7 Å². The number of alkyl halides is 1. The van der Waals surface area contributed by atoms with Crippen LogP contribution in [0.15, 0.2) is 24.3 Å². The third-order valence-corrected chi connectivity index (χ3v) is 5.13. The minimum absolute atomic E-state index is 0.0310. The molecule has 0 saturated carbocycles. The summed E-state index contributed by atoms with van der Waals surface area (Å²) in [6.45, 7) is 8.45. The molecule has 0 fully saturated rings. The van der Waals surface area contributed by atoms with Crippen LogP contribution in [-0.4, -0.2) is 7.11 Å². The molecular weight excluding hydrogens is 331 g/mol. The largest absolute Gasteiger partial charge is 0.494 e. The molecule has 0 aliphatic heterocycles. The van der Waals surface area contributed by atoms with Gasteiger partial charge in [0.05, 0.1) is 11.9 Å². The minimum Gasteiger partial charge on any atom is -0.494 e. The van der Waals surface area contributed by atoms with Crippen LogP contribution in [0.1, 0.15) is 38.2 Å². The first-order valence-corrected chi connectivity index (χ1v) is 7.83. The second kappa shape index (κ2) is 6.18. The van der Waals surface area contributed by atoms with Crippen LogP contribution in [-0.2, 0) is 0 Å². The fraction of sp³-hybridized carbons (Fsp3) is 0.333. The Kier molecular flexibility index (Phi) is 4.72. The number of ether oxygens (including phenoxy) is 1. The van der Waals surface area contributed by atoms with Crippen LogP contribution >= 0.6 is 15.9 Å². The molecule has 0 aromatic heterocycles. The number of hydrogen-bond acceptors (Lipinski definition) is 1. The predicted octanol–water partition coefficient (Wildman–Crippen LogP) is 5.55. The van der Waals surface area contributed by atoms with Crippen molar-refractivity contribution in [2.45, 2.75) is 32.5 Å². The first kappa shape index (κ1) is 16.0. The van der Waals surface area contributed by atoms with Gasteiger partial charge in [-0.25, -0.2) is 4.39 Å². The zero-order chi connectivity index (χ0) is 15.7. The van der Waals surface area contributed by atoms with Crippen LogP contribution in [0.4, 0.5) is 4.39 Å². The lowest BCUT2D eigenvalue weighted by atomic mass is 9.90. The molecule has 2 aromatic rings. The van der Waals surface area contributed by atoms with E-state index in [0.717, 1.165) is 5.56 Å². The Bertz CT molecular complexity index is 653. The molecule has 0 saturated heterocycles. The van der Waals surface area contributed by atoms with Crippen molar-refractivity contribution >= 4 is 15.9 Å². The maximum Gasteiger partial charge on any atom is 0.165 e. The maximum absolute atomic E-state index is 13.9. The SMILES string of the molecule is COc1ccc(C(Br)c2c(C)c(C)cc(C)c2C)cc1F. The van der Waals surface area contributed by atoms with Crippen molar-refractivity contribution in [1.82, 2.24) is 0 Å². The van der Waals surface area contributed by atoms with Gasteiger partial charge in [0.25, 0.3) is 0 Å². The number of benzene rings is 2. The van der Waals surface area contributed by atoms with Gasteiger partial charge in [-0.1, -0.05) is 28.1 Å². The van der Waals surface area contributed by atoms with Gasteiger partial charge in [-0.2, -0.15) is 0 Å². The summed E-state index contributed by atoms with van der Waals surface area (Å²) in [6, 6.07) is 7.31. The van der Waals surface area contributed by atoms with E-state index in [1.54, 1.807) is 6.07 Å². The maximum atomic E-state index is 13.9. The quantitative estimate of drug-likeness (QED) is 0.659. The number of hydrogen-bond donors (Lipinski definition) is 0. The first-order chi connectivity index (χ1) is 9.86. The Labute approximate surface area is 134 Å². The van der Waals surface area contributed by atoms with E-state index in [-0.39, 0.29) is 16.4 Å². The number of aryl methyl sites for hydroxylation is 2. The summed E-state index contributed by atoms with van der Waals surface area (Å²) in [6.07, 6.45) is 0. The summed E-state index contributed by atoms with van der Waals surface area (Å²) in [5.41, 5.74) is 7.12. The fourth-order valence-electron chi connectivity index (χ4n) is 2.63. The fourth-order valence-corrected chi connectivity index (χ4v) is 3.61. The molecule has 1 atom stereocenters. The van der Waals surface area contributed by atoms with Crippen LogP contribution in [0.3, 0.4) is 0 Å². The van der Waals surface area contributed by atoms with Crippen molar-refractivity contribution in [2.24, 2.45) is 0 Å². The molecule has 3 heteroatoms. The summed E-state index contributed by atoms with van der Waals surface area (Å²) in [5, 5.41) is 0. The highest BCUT2D eigenvalue weighted by atomic mass is 79.9. The highest BCUT2D eigenvalue weighted by Crippen LogP contribution is 2.38. The van der Waals surface area contributed by atoms with Crippen molar-refractivity contribution < 1.29 is 9.13 Å². The molecule has 0 aliphatic carbocycles. The topological polar surface area (TPSA) is 9.23 Å². The molecule has 2 rings (SSSR count). The monoisotopic (exact) mass is 350 g/mol. The summed E-state index contributed by atoms with van der Waals surface area (Å²) in [4.78, 5) is -0.0310. The zero-order valence-electron chi connectivity index (χ0n) is 13.1. The van der Waals surface area contributed by atoms with Crippen LogP contribution < -0.4 is 4.74 Å². The molecule has 0 radical (unpaired) electrons. The summed E-state index contributed by atoms with van der Waals surface area (Å²) >= 11 is 3.74. The van der Waals surface area contributed by atoms with E-state index in [4.69, 9.17) is 4.74 Å².